The van der Waals surface area contributed by atoms with Gasteiger partial charge in [0.2, 0.25) is 5.91 Å². The number of nitrogens with zero attached hydrogens (tertiary/aromatic N) is 2. The standard InChI is InChI=1S/C15H22N4O6/c1-15(2,3)17-11(21)7-18(4)12(22)9-25-13(23)8-19-6-5-10(20)16-14(19)24/h5-6H,7-9H2,1-4H3,(H,17,21)(H,16,20,24). The van der Waals surface area contributed by atoms with E-state index >= 15 is 0 Å². The van der Waals surface area contributed by atoms with Crippen LogP contribution in [-0.4, -0.2) is 58.0 Å². The molecule has 0 aliphatic heterocycles. The first-order valence-corrected chi connectivity index (χ1v) is 7.48. The zero-order valence-corrected chi connectivity index (χ0v) is 14.6. The minimum Gasteiger partial charge on any atom is -0.454 e. The van der Waals surface area contributed by atoms with Crippen LogP contribution in [0, 0.1) is 0 Å². The number of aromatic nitrogens is 2. The van der Waals surface area contributed by atoms with E-state index in [0.717, 1.165) is 21.7 Å². The van der Waals surface area contributed by atoms with Gasteiger partial charge in [0.05, 0.1) is 6.54 Å². The number of aromatic amines is 1. The fourth-order valence-electron chi connectivity index (χ4n) is 1.77. The first-order chi connectivity index (χ1) is 11.5. The average Bonchev–Trinajstić information content (AvgIpc) is 2.45. The van der Waals surface area contributed by atoms with Gasteiger partial charge < -0.3 is 15.0 Å². The van der Waals surface area contributed by atoms with Crippen LogP contribution in [0.5, 0.6) is 0 Å². The van der Waals surface area contributed by atoms with E-state index in [1.807, 2.05) is 25.8 Å². The maximum atomic E-state index is 11.9. The number of rotatable bonds is 6. The van der Waals surface area contributed by atoms with Gasteiger partial charge in [-0.3, -0.25) is 28.7 Å². The van der Waals surface area contributed by atoms with Gasteiger partial charge in [-0.15, -0.1) is 0 Å². The summed E-state index contributed by atoms with van der Waals surface area (Å²) in [5.41, 5.74) is -1.76. The van der Waals surface area contributed by atoms with Gasteiger partial charge in [0.15, 0.2) is 6.61 Å². The number of ether oxygens (including phenoxy) is 1. The Hall–Kier alpha value is -2.91. The molecular formula is C15H22N4O6. The van der Waals surface area contributed by atoms with Crippen molar-refractivity contribution in [3.63, 3.8) is 0 Å². The monoisotopic (exact) mass is 354 g/mol. The molecule has 1 aromatic heterocycles. The predicted molar refractivity (Wildman–Crippen MR) is 87.8 cm³/mol. The van der Waals surface area contributed by atoms with Crippen molar-refractivity contribution in [2.45, 2.75) is 32.9 Å². The van der Waals surface area contributed by atoms with Crippen LogP contribution >= 0.6 is 0 Å². The summed E-state index contributed by atoms with van der Waals surface area (Å²) in [7, 11) is 1.41. The number of hydrogen-bond donors (Lipinski definition) is 2. The van der Waals surface area contributed by atoms with Crippen LogP contribution in [0.1, 0.15) is 20.8 Å². The number of carbonyl (C=O) groups is 3. The van der Waals surface area contributed by atoms with Crippen molar-refractivity contribution in [3.8, 4) is 0 Å². The summed E-state index contributed by atoms with van der Waals surface area (Å²) in [4.78, 5) is 60.7. The quantitative estimate of drug-likeness (QED) is 0.595. The van der Waals surface area contributed by atoms with Gasteiger partial charge in [0.25, 0.3) is 11.5 Å². The molecule has 25 heavy (non-hydrogen) atoms. The van der Waals surface area contributed by atoms with Crippen molar-refractivity contribution in [1.29, 1.82) is 0 Å². The maximum absolute atomic E-state index is 11.9. The summed E-state index contributed by atoms with van der Waals surface area (Å²) < 4.78 is 5.72. The summed E-state index contributed by atoms with van der Waals surface area (Å²) in [6.45, 7) is 4.26. The van der Waals surface area contributed by atoms with Gasteiger partial charge in [-0.1, -0.05) is 0 Å². The van der Waals surface area contributed by atoms with E-state index in [1.165, 1.54) is 7.05 Å². The first kappa shape index (κ1) is 20.1. The molecule has 0 aliphatic rings. The van der Waals surface area contributed by atoms with Crippen LogP contribution in [0.15, 0.2) is 21.9 Å². The van der Waals surface area contributed by atoms with Crippen molar-refractivity contribution in [3.05, 3.63) is 33.1 Å². The van der Waals surface area contributed by atoms with Crippen LogP contribution in [0.25, 0.3) is 0 Å². The van der Waals surface area contributed by atoms with Gasteiger partial charge in [-0.05, 0) is 20.8 Å². The molecule has 0 spiro atoms. The summed E-state index contributed by atoms with van der Waals surface area (Å²) in [5.74, 6) is -1.73. The summed E-state index contributed by atoms with van der Waals surface area (Å²) in [6, 6.07) is 1.08. The van der Waals surface area contributed by atoms with Crippen molar-refractivity contribution < 1.29 is 19.1 Å². The first-order valence-electron chi connectivity index (χ1n) is 7.48. The highest BCUT2D eigenvalue weighted by atomic mass is 16.5. The highest BCUT2D eigenvalue weighted by Crippen LogP contribution is 1.98. The Kier molecular flexibility index (Phi) is 6.66. The van der Waals surface area contributed by atoms with Crippen molar-refractivity contribution >= 4 is 17.8 Å². The van der Waals surface area contributed by atoms with Crippen LogP contribution < -0.4 is 16.6 Å². The molecule has 138 valence electrons. The summed E-state index contributed by atoms with van der Waals surface area (Å²) in [6.07, 6.45) is 1.15. The Morgan fingerprint density at radius 1 is 1.28 bits per heavy atom. The molecule has 1 rings (SSSR count). The molecule has 2 N–H and O–H groups in total. The summed E-state index contributed by atoms with van der Waals surface area (Å²) >= 11 is 0. The average molecular weight is 354 g/mol. The molecule has 0 bridgehead atoms. The van der Waals surface area contributed by atoms with Gasteiger partial charge in [0.1, 0.15) is 6.54 Å². The van der Waals surface area contributed by atoms with Crippen LogP contribution in [-0.2, 0) is 25.7 Å². The molecule has 0 atom stereocenters. The minimum atomic E-state index is -0.824. The largest absolute Gasteiger partial charge is 0.454 e. The lowest BCUT2D eigenvalue weighted by Crippen LogP contribution is -2.47. The third-order valence-electron chi connectivity index (χ3n) is 2.87. The van der Waals surface area contributed by atoms with E-state index in [-0.39, 0.29) is 12.5 Å². The van der Waals surface area contributed by atoms with E-state index in [2.05, 4.69) is 5.32 Å². The molecule has 0 saturated carbocycles. The highest BCUT2D eigenvalue weighted by molar-refractivity contribution is 5.86. The zero-order valence-electron chi connectivity index (χ0n) is 14.6. The molecule has 0 aliphatic carbocycles. The SMILES string of the molecule is CN(CC(=O)NC(C)(C)C)C(=O)COC(=O)Cn1ccc(=O)[nH]c1=O. The second-order valence-corrected chi connectivity index (χ2v) is 6.45. The lowest BCUT2D eigenvalue weighted by atomic mass is 10.1. The Morgan fingerprint density at radius 2 is 1.92 bits per heavy atom. The Balaban J connectivity index is 2.47. The van der Waals surface area contributed by atoms with E-state index in [4.69, 9.17) is 4.74 Å². The number of amides is 2. The van der Waals surface area contributed by atoms with Crippen LogP contribution in [0.2, 0.25) is 0 Å². The van der Waals surface area contributed by atoms with Crippen LogP contribution in [0.4, 0.5) is 0 Å². The second-order valence-electron chi connectivity index (χ2n) is 6.45. The molecule has 0 saturated heterocycles. The number of nitrogens with one attached hydrogen (secondary N) is 2. The van der Waals surface area contributed by atoms with Gasteiger partial charge >= 0.3 is 11.7 Å². The molecule has 0 fully saturated rings. The van der Waals surface area contributed by atoms with Gasteiger partial charge in [-0.25, -0.2) is 4.79 Å². The van der Waals surface area contributed by atoms with E-state index in [1.54, 1.807) is 0 Å². The molecule has 0 unspecified atom stereocenters. The van der Waals surface area contributed by atoms with E-state index in [0.29, 0.717) is 0 Å². The third-order valence-corrected chi connectivity index (χ3v) is 2.87. The molecule has 0 radical (unpaired) electrons. The molecule has 1 heterocycles. The third kappa shape index (κ3) is 7.46. The molecule has 10 nitrogen and oxygen atoms in total. The molecule has 2 amide bonds. The Bertz CT molecular complexity index is 758. The predicted octanol–water partition coefficient (Wildman–Crippen LogP) is -1.55. The number of likely N-dealkylation sites (N-methyl/N-ethyl adjacent to an activating group) is 1. The van der Waals surface area contributed by atoms with Crippen molar-refractivity contribution in [2.75, 3.05) is 20.2 Å². The number of H-pyrrole nitrogens is 1. The molecule has 10 heteroatoms. The van der Waals surface area contributed by atoms with Crippen molar-refractivity contribution in [2.24, 2.45) is 0 Å². The lowest BCUT2D eigenvalue weighted by molar-refractivity contribution is -0.152. The van der Waals surface area contributed by atoms with Crippen LogP contribution in [0.3, 0.4) is 0 Å². The van der Waals surface area contributed by atoms with Gasteiger partial charge in [-0.2, -0.15) is 0 Å². The normalized spacial score (nSPS) is 10.9. The fourth-order valence-corrected chi connectivity index (χ4v) is 1.77. The molecule has 1 aromatic rings. The smallest absolute Gasteiger partial charge is 0.328 e. The van der Waals surface area contributed by atoms with E-state index in [9.17, 15) is 24.0 Å². The zero-order chi connectivity index (χ0) is 19.2. The second kappa shape index (κ2) is 8.27. The number of carbonyl (C=O) groups excluding carboxylic acids is 3. The lowest BCUT2D eigenvalue weighted by Gasteiger charge is -2.23. The van der Waals surface area contributed by atoms with Crippen molar-refractivity contribution in [1.82, 2.24) is 19.8 Å². The molecule has 0 aromatic carbocycles. The number of esters is 1. The Morgan fingerprint density at radius 3 is 2.48 bits per heavy atom. The topological polar surface area (TPSA) is 131 Å². The van der Waals surface area contributed by atoms with E-state index < -0.39 is 41.8 Å². The fraction of sp³-hybridized carbons (Fsp3) is 0.533. The molecular weight excluding hydrogens is 332 g/mol. The highest BCUT2D eigenvalue weighted by Gasteiger charge is 2.18. The van der Waals surface area contributed by atoms with Gasteiger partial charge in [0, 0.05) is 24.8 Å². The number of hydrogen-bond acceptors (Lipinski definition) is 6. The maximum Gasteiger partial charge on any atom is 0.328 e. The Labute approximate surface area is 143 Å². The minimum absolute atomic E-state index is 0.174. The summed E-state index contributed by atoms with van der Waals surface area (Å²) in [5, 5.41) is 2.71.